The fraction of sp³-hybridized carbons (Fsp3) is 0.211. The van der Waals surface area contributed by atoms with E-state index in [0.29, 0.717) is 23.3 Å². The van der Waals surface area contributed by atoms with Gasteiger partial charge in [0.25, 0.3) is 0 Å². The van der Waals surface area contributed by atoms with Crippen LogP contribution in [0.2, 0.25) is 5.02 Å². The quantitative estimate of drug-likeness (QED) is 0.278. The van der Waals surface area contributed by atoms with Crippen LogP contribution in [-0.2, 0) is 6.42 Å². The lowest BCUT2D eigenvalue weighted by molar-refractivity contribution is 0.415. The van der Waals surface area contributed by atoms with Crippen LogP contribution in [0.15, 0.2) is 47.5 Å². The van der Waals surface area contributed by atoms with Crippen LogP contribution in [0.3, 0.4) is 0 Å². The van der Waals surface area contributed by atoms with Gasteiger partial charge in [0.1, 0.15) is 5.75 Å². The number of nitrogens with one attached hydrogen (secondary N) is 2. The second-order valence-electron chi connectivity index (χ2n) is 5.77. The first-order valence-corrected chi connectivity index (χ1v) is 8.43. The minimum absolute atomic E-state index is 0. The first-order chi connectivity index (χ1) is 12.1. The summed E-state index contributed by atoms with van der Waals surface area (Å²) in [5.74, 6) is 0.983. The van der Waals surface area contributed by atoms with E-state index in [9.17, 15) is 0 Å². The van der Waals surface area contributed by atoms with E-state index in [4.69, 9.17) is 22.1 Å². The lowest BCUT2D eigenvalue weighted by atomic mass is 10.1. The number of fused-ring (bicyclic) bond motifs is 1. The van der Waals surface area contributed by atoms with Gasteiger partial charge in [-0.2, -0.15) is 0 Å². The third-order valence-electron chi connectivity index (χ3n) is 4.10. The van der Waals surface area contributed by atoms with Crippen molar-refractivity contribution in [2.45, 2.75) is 13.3 Å². The Kier molecular flexibility index (Phi) is 7.16. The molecule has 2 aromatic carbocycles. The Labute approximate surface area is 175 Å². The standard InChI is InChI=1S/C19H21ClN4O.HI/c1-12-14(15-5-3-4-6-17(15)23-12)9-10-22-19(21)24-13-7-8-18(25-2)16(20)11-13;/h3-8,11,23H,9-10H2,1-2H3,(H3,21,22,24);1H. The number of para-hydroxylation sites is 1. The monoisotopic (exact) mass is 484 g/mol. The molecule has 0 aliphatic rings. The van der Waals surface area contributed by atoms with E-state index in [1.54, 1.807) is 19.2 Å². The van der Waals surface area contributed by atoms with Crippen molar-refractivity contribution in [2.75, 3.05) is 19.0 Å². The Hall–Kier alpha value is -1.93. The van der Waals surface area contributed by atoms with Gasteiger partial charge in [0.15, 0.2) is 5.96 Å². The highest BCUT2D eigenvalue weighted by Gasteiger charge is 2.07. The van der Waals surface area contributed by atoms with Crippen LogP contribution < -0.4 is 15.8 Å². The molecule has 3 aromatic rings. The van der Waals surface area contributed by atoms with Crippen molar-refractivity contribution in [1.29, 1.82) is 0 Å². The molecule has 0 bridgehead atoms. The zero-order valence-corrected chi connectivity index (χ0v) is 17.8. The molecular weight excluding hydrogens is 463 g/mol. The third kappa shape index (κ3) is 4.62. The molecule has 0 radical (unpaired) electrons. The number of nitrogens with zero attached hydrogens (tertiary/aromatic N) is 1. The van der Waals surface area contributed by atoms with E-state index in [-0.39, 0.29) is 24.0 Å². The molecule has 138 valence electrons. The number of nitrogens with two attached hydrogens (primary N) is 1. The highest BCUT2D eigenvalue weighted by atomic mass is 127. The molecule has 0 spiro atoms. The van der Waals surface area contributed by atoms with Crippen molar-refractivity contribution in [3.05, 3.63) is 58.7 Å². The van der Waals surface area contributed by atoms with Gasteiger partial charge in [-0.1, -0.05) is 29.8 Å². The summed E-state index contributed by atoms with van der Waals surface area (Å²) in [6.07, 6.45) is 0.821. The van der Waals surface area contributed by atoms with Crippen LogP contribution in [-0.4, -0.2) is 24.6 Å². The number of aromatic amines is 1. The molecule has 0 fully saturated rings. The predicted octanol–water partition coefficient (Wildman–Crippen LogP) is 4.73. The maximum atomic E-state index is 6.11. The molecule has 0 aliphatic heterocycles. The van der Waals surface area contributed by atoms with Crippen LogP contribution in [0.4, 0.5) is 5.69 Å². The fourth-order valence-corrected chi connectivity index (χ4v) is 3.13. The molecule has 3 rings (SSSR count). The number of hydrogen-bond donors (Lipinski definition) is 3. The number of rotatable bonds is 5. The van der Waals surface area contributed by atoms with Gasteiger partial charge in [-0.15, -0.1) is 24.0 Å². The summed E-state index contributed by atoms with van der Waals surface area (Å²) in [6, 6.07) is 13.7. The second-order valence-corrected chi connectivity index (χ2v) is 6.17. The SMILES string of the molecule is COc1ccc(NC(N)=NCCc2c(C)[nH]c3ccccc23)cc1Cl.I. The van der Waals surface area contributed by atoms with E-state index in [1.165, 1.54) is 16.6 Å². The highest BCUT2D eigenvalue weighted by Crippen LogP contribution is 2.27. The van der Waals surface area contributed by atoms with Gasteiger partial charge in [0, 0.05) is 28.8 Å². The molecule has 5 nitrogen and oxygen atoms in total. The average Bonchev–Trinajstić information content (AvgIpc) is 2.91. The summed E-state index contributed by atoms with van der Waals surface area (Å²) in [5.41, 5.74) is 10.3. The number of aliphatic imine (C=N–C) groups is 1. The Morgan fingerprint density at radius 3 is 2.77 bits per heavy atom. The van der Waals surface area contributed by atoms with Crippen LogP contribution in [0.1, 0.15) is 11.3 Å². The number of methoxy groups -OCH3 is 1. The normalized spacial score (nSPS) is 11.3. The maximum Gasteiger partial charge on any atom is 0.193 e. The van der Waals surface area contributed by atoms with E-state index in [2.05, 4.69) is 34.3 Å². The lowest BCUT2D eigenvalue weighted by Crippen LogP contribution is -2.23. The number of guanidine groups is 1. The summed E-state index contributed by atoms with van der Waals surface area (Å²) in [7, 11) is 1.58. The summed E-state index contributed by atoms with van der Waals surface area (Å²) in [4.78, 5) is 7.81. The van der Waals surface area contributed by atoms with Gasteiger partial charge < -0.3 is 20.8 Å². The van der Waals surface area contributed by atoms with Crippen molar-refractivity contribution in [3.8, 4) is 5.75 Å². The van der Waals surface area contributed by atoms with Crippen molar-refractivity contribution in [3.63, 3.8) is 0 Å². The van der Waals surface area contributed by atoms with Crippen LogP contribution in [0, 0.1) is 6.92 Å². The number of H-pyrrole nitrogens is 1. The van der Waals surface area contributed by atoms with Crippen molar-refractivity contribution < 1.29 is 4.74 Å². The molecule has 0 amide bonds. The molecule has 0 saturated carbocycles. The van der Waals surface area contributed by atoms with Crippen molar-refractivity contribution in [2.24, 2.45) is 10.7 Å². The number of ether oxygens (including phenoxy) is 1. The van der Waals surface area contributed by atoms with E-state index >= 15 is 0 Å². The number of halogens is 2. The topological polar surface area (TPSA) is 75.4 Å². The van der Waals surface area contributed by atoms with Crippen LogP contribution >= 0.6 is 35.6 Å². The molecular formula is C19H22ClIN4O. The van der Waals surface area contributed by atoms with Gasteiger partial charge >= 0.3 is 0 Å². The largest absolute Gasteiger partial charge is 0.495 e. The lowest BCUT2D eigenvalue weighted by Gasteiger charge is -2.08. The van der Waals surface area contributed by atoms with E-state index in [0.717, 1.165) is 17.6 Å². The summed E-state index contributed by atoms with van der Waals surface area (Å²) >= 11 is 6.11. The first-order valence-electron chi connectivity index (χ1n) is 8.05. The summed E-state index contributed by atoms with van der Waals surface area (Å²) in [6.45, 7) is 2.69. The third-order valence-corrected chi connectivity index (χ3v) is 4.39. The van der Waals surface area contributed by atoms with Gasteiger partial charge in [0.2, 0.25) is 0 Å². The molecule has 1 heterocycles. The van der Waals surface area contributed by atoms with Gasteiger partial charge in [0.05, 0.1) is 12.1 Å². The van der Waals surface area contributed by atoms with Gasteiger partial charge in [-0.05, 0) is 43.2 Å². The molecule has 7 heteroatoms. The minimum Gasteiger partial charge on any atom is -0.495 e. The van der Waals surface area contributed by atoms with Crippen molar-refractivity contribution in [1.82, 2.24) is 4.98 Å². The first kappa shape index (κ1) is 20.4. The smallest absolute Gasteiger partial charge is 0.193 e. The molecule has 0 atom stereocenters. The second kappa shape index (κ2) is 9.14. The van der Waals surface area contributed by atoms with Gasteiger partial charge in [-0.25, -0.2) is 0 Å². The molecule has 1 aromatic heterocycles. The predicted molar refractivity (Wildman–Crippen MR) is 120 cm³/mol. The van der Waals surface area contributed by atoms with E-state index in [1.807, 2.05) is 18.2 Å². The fourth-order valence-electron chi connectivity index (χ4n) is 2.88. The van der Waals surface area contributed by atoms with Crippen LogP contribution in [0.25, 0.3) is 10.9 Å². The molecule has 0 aliphatic carbocycles. The molecule has 4 N–H and O–H groups in total. The van der Waals surface area contributed by atoms with Crippen molar-refractivity contribution >= 4 is 58.1 Å². The minimum atomic E-state index is 0. The Balaban J connectivity index is 0.00000243. The average molecular weight is 485 g/mol. The van der Waals surface area contributed by atoms with E-state index < -0.39 is 0 Å². The summed E-state index contributed by atoms with van der Waals surface area (Å²) in [5, 5.41) is 4.81. The molecule has 0 unspecified atom stereocenters. The highest BCUT2D eigenvalue weighted by molar-refractivity contribution is 14.0. The Morgan fingerprint density at radius 2 is 2.04 bits per heavy atom. The molecule has 0 saturated heterocycles. The number of hydrogen-bond acceptors (Lipinski definition) is 2. The van der Waals surface area contributed by atoms with Gasteiger partial charge in [-0.3, -0.25) is 4.99 Å². The summed E-state index contributed by atoms with van der Waals surface area (Å²) < 4.78 is 5.13. The number of aryl methyl sites for hydroxylation is 1. The Bertz CT molecular complexity index is 923. The zero-order chi connectivity index (χ0) is 17.8. The maximum absolute atomic E-state index is 6.11. The van der Waals surface area contributed by atoms with Crippen LogP contribution in [0.5, 0.6) is 5.75 Å². The number of aromatic nitrogens is 1. The molecule has 26 heavy (non-hydrogen) atoms. The Morgan fingerprint density at radius 1 is 1.27 bits per heavy atom. The number of benzene rings is 2. The zero-order valence-electron chi connectivity index (χ0n) is 14.7. The number of anilines is 1.